The van der Waals surface area contributed by atoms with Crippen LogP contribution in [0.25, 0.3) is 0 Å². The Balaban J connectivity index is 2.20. The van der Waals surface area contributed by atoms with E-state index in [1.807, 2.05) is 0 Å². The van der Waals surface area contributed by atoms with Crippen LogP contribution in [0.1, 0.15) is 39.0 Å². The van der Waals surface area contributed by atoms with E-state index in [0.29, 0.717) is 0 Å². The Morgan fingerprint density at radius 3 is 2.62 bits per heavy atom. The summed E-state index contributed by atoms with van der Waals surface area (Å²) in [5.74, 6) is 1.04. The molecule has 1 atom stereocenters. The van der Waals surface area contributed by atoms with Crippen molar-refractivity contribution in [3.05, 3.63) is 23.0 Å². The third kappa shape index (κ3) is 5.56. The Bertz CT molecular complexity index is 241. The predicted octanol–water partition coefficient (Wildman–Crippen LogP) is 5.31. The Hall–Kier alpha value is 0.280. The van der Waals surface area contributed by atoms with Gasteiger partial charge in [0.25, 0.3) is 0 Å². The smallest absolute Gasteiger partial charge is 0.226 e. The standard InChI is InChI=1S/C12H21OPS2/c1-2-7-12(16-10-5-6-11-16)8-3-4-9-15-14-13/h5-6,10-12,16H,2-4,7-9H2,1H3. The first-order valence-electron chi connectivity index (χ1n) is 5.95. The molecule has 1 aliphatic rings. The Labute approximate surface area is 107 Å². The van der Waals surface area contributed by atoms with E-state index >= 15 is 0 Å². The molecular weight excluding hydrogens is 255 g/mol. The number of thiol groups is 1. The van der Waals surface area contributed by atoms with Gasteiger partial charge in [0.05, 0.1) is 0 Å². The van der Waals surface area contributed by atoms with Crippen molar-refractivity contribution < 1.29 is 4.57 Å². The maximum absolute atomic E-state index is 10.3. The second-order valence-electron chi connectivity index (χ2n) is 3.98. The molecule has 0 bridgehead atoms. The highest BCUT2D eigenvalue weighted by Crippen LogP contribution is 2.42. The van der Waals surface area contributed by atoms with Crippen LogP contribution in [-0.4, -0.2) is 11.0 Å². The molecule has 1 unspecified atom stereocenters. The van der Waals surface area contributed by atoms with E-state index in [2.05, 4.69) is 29.9 Å². The molecule has 0 amide bonds. The van der Waals surface area contributed by atoms with Gasteiger partial charge < -0.3 is 0 Å². The van der Waals surface area contributed by atoms with Gasteiger partial charge in [-0.25, -0.2) is 10.9 Å². The van der Waals surface area contributed by atoms with Gasteiger partial charge in [0.2, 0.25) is 7.66 Å². The van der Waals surface area contributed by atoms with Crippen LogP contribution in [0.3, 0.4) is 0 Å². The molecule has 0 spiro atoms. The molecule has 0 aromatic heterocycles. The second-order valence-corrected chi connectivity index (χ2v) is 8.23. The van der Waals surface area contributed by atoms with Crippen LogP contribution in [0.15, 0.2) is 23.0 Å². The minimum Gasteiger partial charge on any atom is -0.262 e. The molecule has 1 aliphatic heterocycles. The van der Waals surface area contributed by atoms with Crippen molar-refractivity contribution >= 4 is 29.9 Å². The number of hydrogen-bond acceptors (Lipinski definition) is 2. The highest BCUT2D eigenvalue weighted by molar-refractivity contribution is 8.45. The lowest BCUT2D eigenvalue weighted by Crippen LogP contribution is -2.05. The van der Waals surface area contributed by atoms with E-state index in [1.54, 1.807) is 0 Å². The predicted molar refractivity (Wildman–Crippen MR) is 79.9 cm³/mol. The van der Waals surface area contributed by atoms with Gasteiger partial charge in [-0.1, -0.05) is 43.3 Å². The summed E-state index contributed by atoms with van der Waals surface area (Å²) in [6.45, 7) is 2.28. The van der Waals surface area contributed by atoms with E-state index in [0.717, 1.165) is 11.0 Å². The lowest BCUT2D eigenvalue weighted by molar-refractivity contribution is 0.605. The van der Waals surface area contributed by atoms with Crippen LogP contribution in [-0.2, 0) is 4.57 Å². The third-order valence-corrected chi connectivity index (χ3v) is 6.58. The number of allylic oxidation sites excluding steroid dienone is 2. The van der Waals surface area contributed by atoms with Crippen molar-refractivity contribution in [3.8, 4) is 0 Å². The molecule has 0 saturated heterocycles. The van der Waals surface area contributed by atoms with Gasteiger partial charge in [0.15, 0.2) is 0 Å². The Kier molecular flexibility index (Phi) is 8.36. The van der Waals surface area contributed by atoms with Crippen LogP contribution in [0.2, 0.25) is 0 Å². The van der Waals surface area contributed by atoms with Gasteiger partial charge in [0, 0.05) is 5.75 Å². The largest absolute Gasteiger partial charge is 0.262 e. The lowest BCUT2D eigenvalue weighted by atomic mass is 10.1. The molecule has 0 fully saturated rings. The molecule has 0 aliphatic carbocycles. The van der Waals surface area contributed by atoms with Crippen LogP contribution >= 0.6 is 29.9 Å². The fourth-order valence-corrected chi connectivity index (χ4v) is 5.19. The molecule has 92 valence electrons. The summed E-state index contributed by atoms with van der Waals surface area (Å²) in [4.78, 5) is 0. The minimum atomic E-state index is 0.0297. The van der Waals surface area contributed by atoms with Gasteiger partial charge in [-0.15, -0.1) is 0 Å². The molecule has 0 aromatic carbocycles. The van der Waals surface area contributed by atoms with E-state index in [9.17, 15) is 4.57 Å². The van der Waals surface area contributed by atoms with E-state index in [1.165, 1.54) is 43.5 Å². The second kappa shape index (κ2) is 9.32. The summed E-state index contributed by atoms with van der Waals surface area (Å²) in [5.41, 5.74) is 0. The molecule has 1 heterocycles. The fourth-order valence-electron chi connectivity index (χ4n) is 1.95. The van der Waals surface area contributed by atoms with Crippen LogP contribution < -0.4 is 0 Å². The zero-order chi connectivity index (χ0) is 11.6. The number of unbranched alkanes of at least 4 members (excludes halogenated alkanes) is 1. The van der Waals surface area contributed by atoms with Crippen molar-refractivity contribution in [2.24, 2.45) is 0 Å². The first-order valence-corrected chi connectivity index (χ1v) is 9.90. The van der Waals surface area contributed by atoms with Gasteiger partial charge in [0.1, 0.15) is 0 Å². The van der Waals surface area contributed by atoms with Gasteiger partial charge >= 0.3 is 0 Å². The summed E-state index contributed by atoms with van der Waals surface area (Å²) in [6, 6.07) is 0. The lowest BCUT2D eigenvalue weighted by Gasteiger charge is -2.23. The van der Waals surface area contributed by atoms with E-state index in [4.69, 9.17) is 0 Å². The highest BCUT2D eigenvalue weighted by Gasteiger charge is 2.13. The van der Waals surface area contributed by atoms with Gasteiger partial charge in [-0.2, -0.15) is 0 Å². The first kappa shape index (κ1) is 14.3. The van der Waals surface area contributed by atoms with Crippen molar-refractivity contribution in [2.75, 3.05) is 5.75 Å². The van der Waals surface area contributed by atoms with Crippen molar-refractivity contribution in [1.82, 2.24) is 0 Å². The molecule has 4 heteroatoms. The first-order chi connectivity index (χ1) is 7.88. The molecule has 16 heavy (non-hydrogen) atoms. The average Bonchev–Trinajstić information content (AvgIpc) is 2.81. The summed E-state index contributed by atoms with van der Waals surface area (Å²) < 4.78 is 10.3. The molecule has 0 saturated carbocycles. The van der Waals surface area contributed by atoms with Crippen molar-refractivity contribution in [3.63, 3.8) is 0 Å². The highest BCUT2D eigenvalue weighted by atomic mass is 32.7. The van der Waals surface area contributed by atoms with Crippen LogP contribution in [0.4, 0.5) is 0 Å². The Morgan fingerprint density at radius 2 is 2.00 bits per heavy atom. The zero-order valence-electron chi connectivity index (χ0n) is 9.84. The molecule has 0 N–H and O–H groups in total. The Morgan fingerprint density at radius 1 is 1.25 bits per heavy atom. The third-order valence-electron chi connectivity index (χ3n) is 2.75. The number of hydrogen-bond donors (Lipinski definition) is 1. The summed E-state index contributed by atoms with van der Waals surface area (Å²) in [6.07, 6.45) is 10.9. The summed E-state index contributed by atoms with van der Waals surface area (Å²) in [7, 11) is 0.261. The maximum atomic E-state index is 10.3. The van der Waals surface area contributed by atoms with E-state index < -0.39 is 0 Å². The summed E-state index contributed by atoms with van der Waals surface area (Å²) >= 11 is 1.50. The van der Waals surface area contributed by atoms with Crippen molar-refractivity contribution in [1.29, 1.82) is 0 Å². The average molecular weight is 276 g/mol. The molecule has 1 rings (SSSR count). The van der Waals surface area contributed by atoms with Gasteiger partial charge in [-0.05, 0) is 35.3 Å². The fraction of sp³-hybridized carbons (Fsp3) is 0.667. The molecule has 0 aromatic rings. The quantitative estimate of drug-likeness (QED) is 0.349. The van der Waals surface area contributed by atoms with Crippen molar-refractivity contribution in [2.45, 2.75) is 44.3 Å². The number of rotatable bonds is 9. The normalized spacial score (nSPS) is 18.4. The van der Waals surface area contributed by atoms with Crippen LogP contribution in [0.5, 0.6) is 0 Å². The minimum absolute atomic E-state index is 0.0297. The maximum Gasteiger partial charge on any atom is 0.226 e. The molecule has 1 nitrogen and oxygen atoms in total. The van der Waals surface area contributed by atoms with Gasteiger partial charge in [-0.3, -0.25) is 4.57 Å². The van der Waals surface area contributed by atoms with Crippen LogP contribution in [0, 0.1) is 0 Å². The summed E-state index contributed by atoms with van der Waals surface area (Å²) in [5, 5.41) is 5.66. The molecule has 0 radical (unpaired) electrons. The van der Waals surface area contributed by atoms with E-state index in [-0.39, 0.29) is 18.6 Å². The molecular formula is C12H21OPS2. The SMILES string of the molecule is CCCC(CCCCSP=O)[SH]1C=CC=C1. The zero-order valence-corrected chi connectivity index (χ0v) is 12.4. The topological polar surface area (TPSA) is 17.1 Å². The monoisotopic (exact) mass is 276 g/mol.